The van der Waals surface area contributed by atoms with E-state index in [4.69, 9.17) is 18.9 Å². The third-order valence-electron chi connectivity index (χ3n) is 22.9. The van der Waals surface area contributed by atoms with Crippen LogP contribution in [-0.4, -0.2) is 74.8 Å². The number of nitrogens with zero attached hydrogens (tertiary/aromatic N) is 1. The Labute approximate surface area is 600 Å². The molecular formula is C86H108N6O9. The summed E-state index contributed by atoms with van der Waals surface area (Å²) in [6.07, 6.45) is 18.0. The summed E-state index contributed by atoms with van der Waals surface area (Å²) in [6.45, 7) is 15.9. The summed E-state index contributed by atoms with van der Waals surface area (Å²) in [7, 11) is 1.65. The third-order valence-corrected chi connectivity index (χ3v) is 22.9. The number of aryl methyl sites for hydroxylation is 1. The Balaban J connectivity index is 0.732. The molecule has 4 aliphatic rings. The number of anilines is 1. The molecule has 536 valence electrons. The van der Waals surface area contributed by atoms with Crippen LogP contribution < -0.4 is 36.1 Å². The van der Waals surface area contributed by atoms with Crippen LogP contribution in [-0.2, 0) is 47.2 Å². The van der Waals surface area contributed by atoms with Crippen LogP contribution in [0.1, 0.15) is 189 Å². The average molecular weight is 1370 g/mol. The lowest BCUT2D eigenvalue weighted by Crippen LogP contribution is -2.51. The molecule has 4 amide bonds. The number of unbranched alkanes of at least 4 members (excludes halogenated alkanes) is 1. The molecule has 15 heteroatoms. The number of methoxy groups -OCH3 is 1. The predicted molar refractivity (Wildman–Crippen MR) is 398 cm³/mol. The van der Waals surface area contributed by atoms with Gasteiger partial charge in [0.05, 0.1) is 30.4 Å². The maximum Gasteiger partial charge on any atom is 0.514 e. The highest BCUT2D eigenvalue weighted by Crippen LogP contribution is 2.67. The number of allylic oxidation sites excluding steroid dienone is 1. The molecule has 6 aromatic carbocycles. The number of amides is 4. The van der Waals surface area contributed by atoms with Gasteiger partial charge >= 0.3 is 6.16 Å². The second kappa shape index (κ2) is 35.8. The van der Waals surface area contributed by atoms with E-state index in [0.29, 0.717) is 66.9 Å². The zero-order valence-electron chi connectivity index (χ0n) is 60.7. The van der Waals surface area contributed by atoms with Crippen molar-refractivity contribution in [3.63, 3.8) is 0 Å². The van der Waals surface area contributed by atoms with Crippen LogP contribution in [0.2, 0.25) is 0 Å². The molecule has 0 aliphatic heterocycles. The lowest BCUT2D eigenvalue weighted by molar-refractivity contribution is -0.128. The molecule has 0 aromatic heterocycles. The highest BCUT2D eigenvalue weighted by Gasteiger charge is 2.59. The van der Waals surface area contributed by atoms with E-state index in [1.165, 1.54) is 57.8 Å². The van der Waals surface area contributed by atoms with E-state index < -0.39 is 41.5 Å². The van der Waals surface area contributed by atoms with Gasteiger partial charge in [-0.15, -0.1) is 0 Å². The number of benzene rings is 6. The monoisotopic (exact) mass is 1370 g/mol. The second-order valence-corrected chi connectivity index (χ2v) is 30.1. The van der Waals surface area contributed by atoms with Crippen LogP contribution in [0.3, 0.4) is 0 Å². The highest BCUT2D eigenvalue weighted by molar-refractivity contribution is 5.97. The van der Waals surface area contributed by atoms with E-state index in [0.717, 1.165) is 81.9 Å². The first-order valence-electron chi connectivity index (χ1n) is 37.3. The van der Waals surface area contributed by atoms with Crippen LogP contribution in [0, 0.1) is 64.6 Å². The van der Waals surface area contributed by atoms with Crippen LogP contribution in [0.15, 0.2) is 169 Å². The van der Waals surface area contributed by atoms with E-state index in [1.807, 2.05) is 67.6 Å². The van der Waals surface area contributed by atoms with Crippen molar-refractivity contribution in [3.8, 4) is 17.6 Å². The minimum atomic E-state index is -0.996. The fraction of sp³-hybridized carbons (Fsp3) is 0.488. The summed E-state index contributed by atoms with van der Waals surface area (Å²) in [5.74, 6) is 4.40. The number of rotatable bonds is 34. The van der Waals surface area contributed by atoms with Crippen molar-refractivity contribution in [3.05, 3.63) is 208 Å². The summed E-state index contributed by atoms with van der Waals surface area (Å²) in [4.78, 5) is 68.6. The van der Waals surface area contributed by atoms with Gasteiger partial charge in [-0.2, -0.15) is 5.26 Å². The first-order chi connectivity index (χ1) is 48.8. The van der Waals surface area contributed by atoms with Crippen molar-refractivity contribution in [1.82, 2.24) is 21.3 Å². The number of carbonyl (C=O) groups excluding carboxylic acids is 5. The first-order valence-corrected chi connectivity index (χ1v) is 37.3. The van der Waals surface area contributed by atoms with Gasteiger partial charge in [0.15, 0.2) is 0 Å². The largest absolute Gasteiger partial charge is 0.514 e. The zero-order valence-corrected chi connectivity index (χ0v) is 60.7. The Morgan fingerprint density at radius 3 is 2.01 bits per heavy atom. The molecule has 4 aliphatic carbocycles. The van der Waals surface area contributed by atoms with E-state index in [1.54, 1.807) is 73.3 Å². The van der Waals surface area contributed by atoms with Crippen LogP contribution in [0.5, 0.6) is 11.5 Å². The van der Waals surface area contributed by atoms with Crippen LogP contribution in [0.4, 0.5) is 10.5 Å². The molecule has 10 atom stereocenters. The molecule has 0 radical (unpaired) electrons. The molecule has 6 aromatic rings. The Morgan fingerprint density at radius 2 is 1.33 bits per heavy atom. The van der Waals surface area contributed by atoms with E-state index in [9.17, 15) is 29.2 Å². The number of carbonyl (C=O) groups is 5. The van der Waals surface area contributed by atoms with Crippen molar-refractivity contribution in [1.29, 1.82) is 5.26 Å². The lowest BCUT2D eigenvalue weighted by Gasteiger charge is -2.58. The molecule has 0 spiro atoms. The van der Waals surface area contributed by atoms with Gasteiger partial charge in [0, 0.05) is 44.1 Å². The number of nitrogens with one attached hydrogen (secondary N) is 5. The van der Waals surface area contributed by atoms with Gasteiger partial charge in [0.2, 0.25) is 23.6 Å². The van der Waals surface area contributed by atoms with E-state index >= 15 is 0 Å². The SMILES string of the molecule is COc1ccc(C(NCCCC[C@H](NC(=O)C[C@H](Cc2ccc(C#N)cc2)NC(=O)CCC(=O)NCCCO[C@H]2CC[C@@]3(C)C(=CC[C@H]4[C@@H]5CC[C@H]([C@H](C)CCCC(C)C)[C@@]5(C)CC[C@@H]43)C2)C(=O)Nc2ccc(COC(=O)Oc3ccc(C)cc3)cc2)(c2ccccc2)c2ccccc2)cc1. The topological polar surface area (TPSA) is 206 Å². The van der Waals surface area contributed by atoms with Crippen molar-refractivity contribution in [2.45, 2.75) is 194 Å². The van der Waals surface area contributed by atoms with Gasteiger partial charge in [-0.25, -0.2) is 4.79 Å². The minimum Gasteiger partial charge on any atom is -0.497 e. The minimum absolute atomic E-state index is 0.0401. The smallest absolute Gasteiger partial charge is 0.497 e. The molecular weight excluding hydrogens is 1260 g/mol. The van der Waals surface area contributed by atoms with Crippen molar-refractivity contribution in [2.24, 2.45) is 46.3 Å². The third kappa shape index (κ3) is 19.7. The molecule has 15 nitrogen and oxygen atoms in total. The number of hydrogen-bond donors (Lipinski definition) is 5. The highest BCUT2D eigenvalue weighted by atomic mass is 16.7. The summed E-state index contributed by atoms with van der Waals surface area (Å²) >= 11 is 0. The van der Waals surface area contributed by atoms with Gasteiger partial charge < -0.3 is 40.2 Å². The summed E-state index contributed by atoms with van der Waals surface area (Å²) in [5, 5.41) is 25.5. The van der Waals surface area contributed by atoms with Crippen molar-refractivity contribution >= 4 is 35.5 Å². The van der Waals surface area contributed by atoms with E-state index in [-0.39, 0.29) is 56.1 Å². The van der Waals surface area contributed by atoms with Gasteiger partial charge in [-0.3, -0.25) is 24.5 Å². The fourth-order valence-corrected chi connectivity index (χ4v) is 17.4. The van der Waals surface area contributed by atoms with Crippen LogP contribution >= 0.6 is 0 Å². The number of hydrogen-bond acceptors (Lipinski definition) is 11. The standard InChI is InChI=1S/C86H108N6O9/c1-59(2)18-16-19-61(4)75-43-44-76-74-42-35-68-55-73(47-49-84(68,5)77(74)48-50-85(75,76)6)99-53-17-51-88-79(93)45-46-80(94)90-70(54-62-27-29-63(57-87)30-28-62)56-81(95)92-78(82(96)91-69-36-31-64(32-37-69)58-100-83(97)101-72-38-25-60(3)26-39-72)24-14-15-52-89-86(65-20-10-8-11-21-65,66-22-12-9-13-23-66)67-33-40-71(98-7)41-34-67/h8-13,20-23,25-41,59,61,70,73-78,89H,14-19,24,42-56,58H2,1-7H3,(H,88,93)(H,90,94)(H,91,96)(H,92,95)/t61-,70+,73+,74+,75-,76+,77+,78+,84+,85-/m1/s1. The second-order valence-electron chi connectivity index (χ2n) is 30.1. The van der Waals surface area contributed by atoms with Gasteiger partial charge in [-0.05, 0) is 220 Å². The Hall–Kier alpha value is -8.58. The van der Waals surface area contributed by atoms with Gasteiger partial charge in [-0.1, -0.05) is 180 Å². The predicted octanol–water partition coefficient (Wildman–Crippen LogP) is 16.6. The molecule has 101 heavy (non-hydrogen) atoms. The normalized spacial score (nSPS) is 21.6. The Morgan fingerprint density at radius 1 is 0.653 bits per heavy atom. The molecule has 3 fully saturated rings. The molecule has 0 unspecified atom stereocenters. The lowest BCUT2D eigenvalue weighted by atomic mass is 9.47. The van der Waals surface area contributed by atoms with E-state index in [2.05, 4.69) is 110 Å². The molecule has 0 saturated heterocycles. The number of ether oxygens (including phenoxy) is 4. The van der Waals surface area contributed by atoms with Crippen molar-refractivity contribution in [2.75, 3.05) is 32.1 Å². The Bertz CT molecular complexity index is 3700. The first kappa shape index (κ1) is 75.1. The van der Waals surface area contributed by atoms with Crippen LogP contribution in [0.25, 0.3) is 0 Å². The Kier molecular flexibility index (Phi) is 26.6. The summed E-state index contributed by atoms with van der Waals surface area (Å²) < 4.78 is 22.8. The van der Waals surface area contributed by atoms with Crippen molar-refractivity contribution < 1.29 is 42.9 Å². The van der Waals surface area contributed by atoms with Gasteiger partial charge in [0.25, 0.3) is 0 Å². The summed E-state index contributed by atoms with van der Waals surface area (Å²) in [6, 6.07) is 49.9. The average Bonchev–Trinajstić information content (AvgIpc) is 1.70. The summed E-state index contributed by atoms with van der Waals surface area (Å²) in [5.41, 5.74) is 8.09. The van der Waals surface area contributed by atoms with Gasteiger partial charge in [0.1, 0.15) is 24.1 Å². The number of nitriles is 1. The molecule has 0 bridgehead atoms. The maximum atomic E-state index is 14.5. The molecule has 3 saturated carbocycles. The quantitative estimate of drug-likeness (QED) is 0.00845. The molecule has 0 heterocycles. The fourth-order valence-electron chi connectivity index (χ4n) is 17.4. The molecule has 5 N–H and O–H groups in total. The number of fused-ring (bicyclic) bond motifs is 5. The maximum absolute atomic E-state index is 14.5. The zero-order chi connectivity index (χ0) is 71.4. The molecule has 10 rings (SSSR count).